The molecule has 1 rings (SSSR count). The molecule has 1 aliphatic rings. The maximum atomic E-state index is 11.8. The second-order valence-electron chi connectivity index (χ2n) is 4.15. The van der Waals surface area contributed by atoms with Gasteiger partial charge in [-0.15, -0.1) is 0 Å². The molecule has 2 nitrogen and oxygen atoms in total. The zero-order valence-corrected chi connectivity index (χ0v) is 8.47. The van der Waals surface area contributed by atoms with Crippen LogP contribution in [0.25, 0.3) is 0 Å². The van der Waals surface area contributed by atoms with Gasteiger partial charge >= 0.3 is 0 Å². The number of carbonyl (C=O) groups is 1. The highest BCUT2D eigenvalue weighted by Crippen LogP contribution is 2.38. The normalized spacial score (nSPS) is 32.5. The number of hydrogen-bond donors (Lipinski definition) is 1. The summed E-state index contributed by atoms with van der Waals surface area (Å²) in [6.45, 7) is 4.11. The van der Waals surface area contributed by atoms with Crippen molar-refractivity contribution in [2.24, 2.45) is 5.41 Å². The van der Waals surface area contributed by atoms with Crippen molar-refractivity contribution in [2.75, 3.05) is 0 Å². The minimum Gasteiger partial charge on any atom is -0.515 e. The third-order valence-corrected chi connectivity index (χ3v) is 2.97. The van der Waals surface area contributed by atoms with Gasteiger partial charge in [0.25, 0.3) is 0 Å². The molecular weight excluding hydrogens is 164 g/mol. The van der Waals surface area contributed by atoms with Gasteiger partial charge in [-0.3, -0.25) is 4.79 Å². The highest BCUT2D eigenvalue weighted by Gasteiger charge is 2.36. The van der Waals surface area contributed by atoms with Crippen molar-refractivity contribution < 1.29 is 9.90 Å². The van der Waals surface area contributed by atoms with Gasteiger partial charge in [-0.25, -0.2) is 0 Å². The maximum Gasteiger partial charge on any atom is 0.167 e. The SMILES string of the molecule is CCCC1(C)CCC/C(=C\O)C1=O. The minimum absolute atomic E-state index is 0.156. The molecule has 0 aromatic rings. The van der Waals surface area contributed by atoms with Crippen LogP contribution in [0.3, 0.4) is 0 Å². The van der Waals surface area contributed by atoms with Gasteiger partial charge in [0.1, 0.15) is 0 Å². The Morgan fingerprint density at radius 2 is 2.31 bits per heavy atom. The molecule has 1 N–H and O–H groups in total. The monoisotopic (exact) mass is 182 g/mol. The van der Waals surface area contributed by atoms with Gasteiger partial charge in [0.2, 0.25) is 0 Å². The molecule has 0 spiro atoms. The van der Waals surface area contributed by atoms with E-state index in [1.165, 1.54) is 0 Å². The van der Waals surface area contributed by atoms with Crippen LogP contribution in [0.5, 0.6) is 0 Å². The fraction of sp³-hybridized carbons (Fsp3) is 0.727. The predicted octanol–water partition coefficient (Wildman–Crippen LogP) is 2.99. The summed E-state index contributed by atoms with van der Waals surface area (Å²) in [5.41, 5.74) is 0.406. The van der Waals surface area contributed by atoms with Crippen LogP contribution < -0.4 is 0 Å². The number of rotatable bonds is 2. The second kappa shape index (κ2) is 3.95. The van der Waals surface area contributed by atoms with Gasteiger partial charge in [0.15, 0.2) is 5.78 Å². The first kappa shape index (κ1) is 10.3. The Kier molecular flexibility index (Phi) is 3.12. The first-order chi connectivity index (χ1) is 6.14. The molecule has 0 amide bonds. The number of ketones is 1. The Morgan fingerprint density at radius 1 is 1.62 bits per heavy atom. The van der Waals surface area contributed by atoms with E-state index >= 15 is 0 Å². The fourth-order valence-electron chi connectivity index (χ4n) is 2.20. The molecule has 1 atom stereocenters. The smallest absolute Gasteiger partial charge is 0.167 e. The van der Waals surface area contributed by atoms with Crippen LogP contribution in [-0.2, 0) is 4.79 Å². The van der Waals surface area contributed by atoms with Crippen LogP contribution in [0.4, 0.5) is 0 Å². The van der Waals surface area contributed by atoms with Gasteiger partial charge < -0.3 is 5.11 Å². The molecule has 0 aromatic carbocycles. The molecule has 0 heterocycles. The molecule has 0 radical (unpaired) electrons. The van der Waals surface area contributed by atoms with Crippen molar-refractivity contribution in [2.45, 2.75) is 46.0 Å². The lowest BCUT2D eigenvalue weighted by Crippen LogP contribution is -2.32. The Hall–Kier alpha value is -0.790. The van der Waals surface area contributed by atoms with Crippen LogP contribution in [0.2, 0.25) is 0 Å². The maximum absolute atomic E-state index is 11.8. The van der Waals surface area contributed by atoms with Gasteiger partial charge in [-0.05, 0) is 25.7 Å². The lowest BCUT2D eigenvalue weighted by atomic mass is 9.70. The van der Waals surface area contributed by atoms with Crippen molar-refractivity contribution >= 4 is 5.78 Å². The molecule has 1 fully saturated rings. The average Bonchev–Trinajstić information content (AvgIpc) is 2.11. The number of allylic oxidation sites excluding steroid dienone is 1. The molecular formula is C11H18O2. The summed E-state index contributed by atoms with van der Waals surface area (Å²) in [7, 11) is 0. The second-order valence-corrected chi connectivity index (χ2v) is 4.15. The van der Waals surface area contributed by atoms with E-state index in [9.17, 15) is 4.79 Å². The average molecular weight is 182 g/mol. The van der Waals surface area contributed by atoms with E-state index in [2.05, 4.69) is 6.92 Å². The summed E-state index contributed by atoms with van der Waals surface area (Å²) >= 11 is 0. The lowest BCUT2D eigenvalue weighted by Gasteiger charge is -2.32. The van der Waals surface area contributed by atoms with Gasteiger partial charge in [-0.2, -0.15) is 0 Å². The standard InChI is InChI=1S/C11H18O2/c1-3-6-11(2)7-4-5-9(8-12)10(11)13/h8,12H,3-7H2,1-2H3/b9-8+. The third-order valence-electron chi connectivity index (χ3n) is 2.97. The first-order valence-corrected chi connectivity index (χ1v) is 5.02. The molecule has 0 aliphatic heterocycles. The molecule has 0 aromatic heterocycles. The van der Waals surface area contributed by atoms with Crippen LogP contribution in [0, 0.1) is 5.41 Å². The van der Waals surface area contributed by atoms with Crippen LogP contribution in [-0.4, -0.2) is 10.9 Å². The fourth-order valence-corrected chi connectivity index (χ4v) is 2.20. The van der Waals surface area contributed by atoms with E-state index in [-0.39, 0.29) is 11.2 Å². The summed E-state index contributed by atoms with van der Waals surface area (Å²) < 4.78 is 0. The van der Waals surface area contributed by atoms with Crippen molar-refractivity contribution in [1.29, 1.82) is 0 Å². The van der Waals surface area contributed by atoms with Crippen molar-refractivity contribution in [3.8, 4) is 0 Å². The number of aliphatic hydroxyl groups excluding tert-OH is 1. The number of carbonyl (C=O) groups excluding carboxylic acids is 1. The Labute approximate surface area is 79.6 Å². The third kappa shape index (κ3) is 1.93. The summed E-state index contributed by atoms with van der Waals surface area (Å²) in [6.07, 6.45) is 5.69. The first-order valence-electron chi connectivity index (χ1n) is 5.02. The van der Waals surface area contributed by atoms with E-state index in [1.807, 2.05) is 6.92 Å². The minimum atomic E-state index is -0.207. The van der Waals surface area contributed by atoms with Crippen molar-refractivity contribution in [3.63, 3.8) is 0 Å². The highest BCUT2D eigenvalue weighted by molar-refractivity contribution is 6.00. The van der Waals surface area contributed by atoms with E-state index < -0.39 is 0 Å². The Bertz CT molecular complexity index is 226. The largest absolute Gasteiger partial charge is 0.515 e. The summed E-state index contributed by atoms with van der Waals surface area (Å²) in [6, 6.07) is 0. The summed E-state index contributed by atoms with van der Waals surface area (Å²) in [4.78, 5) is 11.8. The molecule has 2 heteroatoms. The number of aliphatic hydroxyl groups is 1. The molecule has 1 saturated carbocycles. The molecule has 1 unspecified atom stereocenters. The highest BCUT2D eigenvalue weighted by atomic mass is 16.2. The molecule has 0 bridgehead atoms. The zero-order chi connectivity index (χ0) is 9.90. The van der Waals surface area contributed by atoms with Crippen molar-refractivity contribution in [1.82, 2.24) is 0 Å². The lowest BCUT2D eigenvalue weighted by molar-refractivity contribution is -0.126. The van der Waals surface area contributed by atoms with Crippen LogP contribution >= 0.6 is 0 Å². The van der Waals surface area contributed by atoms with Crippen LogP contribution in [0.15, 0.2) is 11.8 Å². The number of hydrogen-bond acceptors (Lipinski definition) is 2. The quantitative estimate of drug-likeness (QED) is 0.526. The summed E-state index contributed by atoms with van der Waals surface area (Å²) in [5.74, 6) is 0.156. The number of Topliss-reactive ketones (excluding diaryl/α,β-unsaturated/α-hetero) is 1. The van der Waals surface area contributed by atoms with Crippen LogP contribution in [0.1, 0.15) is 46.0 Å². The summed E-state index contributed by atoms with van der Waals surface area (Å²) in [5, 5.41) is 8.88. The molecule has 74 valence electrons. The van der Waals surface area contributed by atoms with E-state index in [4.69, 9.17) is 5.11 Å². The van der Waals surface area contributed by atoms with Gasteiger partial charge in [0, 0.05) is 11.0 Å². The topological polar surface area (TPSA) is 37.3 Å². The molecule has 1 aliphatic carbocycles. The predicted molar refractivity (Wildman–Crippen MR) is 52.6 cm³/mol. The Morgan fingerprint density at radius 3 is 2.85 bits per heavy atom. The van der Waals surface area contributed by atoms with E-state index in [0.29, 0.717) is 5.57 Å². The molecule has 0 saturated heterocycles. The van der Waals surface area contributed by atoms with Gasteiger partial charge in [0.05, 0.1) is 6.26 Å². The van der Waals surface area contributed by atoms with Gasteiger partial charge in [-0.1, -0.05) is 20.3 Å². The van der Waals surface area contributed by atoms with Crippen molar-refractivity contribution in [3.05, 3.63) is 11.8 Å². The van der Waals surface area contributed by atoms with E-state index in [0.717, 1.165) is 38.4 Å². The van der Waals surface area contributed by atoms with E-state index in [1.54, 1.807) is 0 Å². The molecule has 13 heavy (non-hydrogen) atoms. The Balaban J connectivity index is 2.81. The zero-order valence-electron chi connectivity index (χ0n) is 8.47.